The molecular weight excluding hydrogens is 226 g/mol. The average molecular weight is 243 g/mol. The maximum Gasteiger partial charge on any atom is 0.229 e. The van der Waals surface area contributed by atoms with Crippen molar-refractivity contribution < 1.29 is 9.59 Å². The Morgan fingerprint density at radius 2 is 1.78 bits per heavy atom. The second-order valence-electron chi connectivity index (χ2n) is 4.53. The Hall–Kier alpha value is -1.90. The molecule has 3 nitrogen and oxygen atoms in total. The van der Waals surface area contributed by atoms with Gasteiger partial charge in [0.15, 0.2) is 0 Å². The van der Waals surface area contributed by atoms with Gasteiger partial charge in [0.25, 0.3) is 0 Å². The highest BCUT2D eigenvalue weighted by Crippen LogP contribution is 2.24. The van der Waals surface area contributed by atoms with Crippen molar-refractivity contribution in [2.24, 2.45) is 0 Å². The fourth-order valence-corrected chi connectivity index (χ4v) is 2.29. The van der Waals surface area contributed by atoms with Crippen LogP contribution in [-0.2, 0) is 9.59 Å². The van der Waals surface area contributed by atoms with Crippen molar-refractivity contribution in [2.45, 2.75) is 25.2 Å². The number of likely N-dealkylation sites (tertiary alicyclic amines) is 1. The molecule has 0 bridgehead atoms. The monoisotopic (exact) mass is 243 g/mol. The lowest BCUT2D eigenvalue weighted by atomic mass is 9.95. The van der Waals surface area contributed by atoms with Gasteiger partial charge in [0, 0.05) is 25.3 Å². The number of benzene rings is 1. The predicted octanol–water partition coefficient (Wildman–Crippen LogP) is 2.50. The number of amides is 2. The maximum absolute atomic E-state index is 11.6. The van der Waals surface area contributed by atoms with Crippen LogP contribution >= 0.6 is 0 Å². The molecule has 1 unspecified atom stereocenters. The molecule has 0 radical (unpaired) electrons. The van der Waals surface area contributed by atoms with Crippen molar-refractivity contribution in [3.05, 3.63) is 48.6 Å². The molecule has 1 heterocycles. The van der Waals surface area contributed by atoms with Crippen LogP contribution in [-0.4, -0.2) is 23.3 Å². The minimum atomic E-state index is -0.0509. The third-order valence-electron chi connectivity index (χ3n) is 3.28. The van der Waals surface area contributed by atoms with Crippen LogP contribution < -0.4 is 0 Å². The van der Waals surface area contributed by atoms with Crippen LogP contribution in [0.25, 0.3) is 0 Å². The Kier molecular flexibility index (Phi) is 3.92. The summed E-state index contributed by atoms with van der Waals surface area (Å²) in [6, 6.07) is 9.96. The summed E-state index contributed by atoms with van der Waals surface area (Å²) in [5.41, 5.74) is 1.14. The van der Waals surface area contributed by atoms with Gasteiger partial charge in [0.2, 0.25) is 11.8 Å². The molecule has 1 aliphatic heterocycles. The SMILES string of the molecule is C=CCC(CN1C(=O)CCC1=O)c1ccccc1. The molecule has 94 valence electrons. The highest BCUT2D eigenvalue weighted by atomic mass is 16.2. The van der Waals surface area contributed by atoms with E-state index in [2.05, 4.69) is 6.58 Å². The van der Waals surface area contributed by atoms with Crippen molar-refractivity contribution in [2.75, 3.05) is 6.54 Å². The smallest absolute Gasteiger partial charge is 0.229 e. The zero-order valence-corrected chi connectivity index (χ0v) is 10.3. The summed E-state index contributed by atoms with van der Waals surface area (Å²) in [7, 11) is 0. The number of rotatable bonds is 5. The Bertz CT molecular complexity index is 437. The van der Waals surface area contributed by atoms with Crippen molar-refractivity contribution >= 4 is 11.8 Å². The minimum Gasteiger partial charge on any atom is -0.282 e. The quantitative estimate of drug-likeness (QED) is 0.588. The Morgan fingerprint density at radius 3 is 2.33 bits per heavy atom. The number of hydrogen-bond acceptors (Lipinski definition) is 2. The molecule has 0 spiro atoms. The summed E-state index contributed by atoms with van der Waals surface area (Å²) < 4.78 is 0. The molecule has 1 saturated heterocycles. The minimum absolute atomic E-state index is 0.0509. The van der Waals surface area contributed by atoms with Gasteiger partial charge in [-0.15, -0.1) is 6.58 Å². The molecule has 0 saturated carbocycles. The first-order valence-corrected chi connectivity index (χ1v) is 6.21. The van der Waals surface area contributed by atoms with Gasteiger partial charge in [0.05, 0.1) is 0 Å². The maximum atomic E-state index is 11.6. The van der Waals surface area contributed by atoms with Crippen LogP contribution in [0.5, 0.6) is 0 Å². The topological polar surface area (TPSA) is 37.4 Å². The summed E-state index contributed by atoms with van der Waals surface area (Å²) in [6.45, 7) is 4.22. The summed E-state index contributed by atoms with van der Waals surface area (Å²) in [4.78, 5) is 24.7. The van der Waals surface area contributed by atoms with Crippen LogP contribution in [0.2, 0.25) is 0 Å². The second-order valence-corrected chi connectivity index (χ2v) is 4.53. The van der Waals surface area contributed by atoms with E-state index >= 15 is 0 Å². The van der Waals surface area contributed by atoms with E-state index in [1.54, 1.807) is 0 Å². The summed E-state index contributed by atoms with van der Waals surface area (Å²) in [5, 5.41) is 0. The van der Waals surface area contributed by atoms with Gasteiger partial charge in [-0.1, -0.05) is 36.4 Å². The van der Waals surface area contributed by atoms with Gasteiger partial charge in [-0.25, -0.2) is 0 Å². The summed E-state index contributed by atoms with van der Waals surface area (Å²) in [6.07, 6.45) is 3.31. The number of hydrogen-bond donors (Lipinski definition) is 0. The number of carbonyl (C=O) groups excluding carboxylic acids is 2. The number of imide groups is 1. The van der Waals surface area contributed by atoms with E-state index in [9.17, 15) is 9.59 Å². The summed E-state index contributed by atoms with van der Waals surface area (Å²) in [5.74, 6) is 0.0460. The van der Waals surface area contributed by atoms with Crippen LogP contribution in [0, 0.1) is 0 Å². The number of allylic oxidation sites excluding steroid dienone is 1. The molecule has 3 heteroatoms. The van der Waals surface area contributed by atoms with Gasteiger partial charge in [-0.2, -0.15) is 0 Å². The highest BCUT2D eigenvalue weighted by molar-refractivity contribution is 6.01. The van der Waals surface area contributed by atoms with Crippen LogP contribution in [0.4, 0.5) is 0 Å². The third kappa shape index (κ3) is 2.67. The molecule has 0 aromatic heterocycles. The van der Waals surface area contributed by atoms with E-state index in [-0.39, 0.29) is 17.7 Å². The molecule has 1 aliphatic rings. The van der Waals surface area contributed by atoms with Gasteiger partial charge in [-0.3, -0.25) is 14.5 Å². The average Bonchev–Trinajstić information content (AvgIpc) is 2.71. The van der Waals surface area contributed by atoms with Crippen molar-refractivity contribution in [3.8, 4) is 0 Å². The van der Waals surface area contributed by atoms with Crippen molar-refractivity contribution in [3.63, 3.8) is 0 Å². The lowest BCUT2D eigenvalue weighted by molar-refractivity contribution is -0.138. The second kappa shape index (κ2) is 5.63. The summed E-state index contributed by atoms with van der Waals surface area (Å²) >= 11 is 0. The molecule has 18 heavy (non-hydrogen) atoms. The number of nitrogens with zero attached hydrogens (tertiary/aromatic N) is 1. The lowest BCUT2D eigenvalue weighted by Crippen LogP contribution is -2.33. The van der Waals surface area contributed by atoms with Gasteiger partial charge in [-0.05, 0) is 12.0 Å². The highest BCUT2D eigenvalue weighted by Gasteiger charge is 2.30. The molecule has 2 amide bonds. The largest absolute Gasteiger partial charge is 0.282 e. The molecule has 1 aromatic carbocycles. The van der Waals surface area contributed by atoms with E-state index < -0.39 is 0 Å². The van der Waals surface area contributed by atoms with E-state index in [0.29, 0.717) is 19.4 Å². The molecular formula is C15H17NO2. The van der Waals surface area contributed by atoms with E-state index in [0.717, 1.165) is 12.0 Å². The lowest BCUT2D eigenvalue weighted by Gasteiger charge is -2.22. The third-order valence-corrected chi connectivity index (χ3v) is 3.28. The van der Waals surface area contributed by atoms with Gasteiger partial charge in [0.1, 0.15) is 0 Å². The zero-order chi connectivity index (χ0) is 13.0. The number of carbonyl (C=O) groups is 2. The first kappa shape index (κ1) is 12.6. The molecule has 1 atom stereocenters. The van der Waals surface area contributed by atoms with Crippen molar-refractivity contribution in [1.82, 2.24) is 4.90 Å². The Labute approximate surface area is 107 Å². The standard InChI is InChI=1S/C15H17NO2/c1-2-6-13(12-7-4-3-5-8-12)11-16-14(17)9-10-15(16)18/h2-5,7-8,13H,1,6,9-11H2. The van der Waals surface area contributed by atoms with Gasteiger partial charge < -0.3 is 0 Å². The first-order chi connectivity index (χ1) is 8.72. The van der Waals surface area contributed by atoms with Crippen LogP contribution in [0.15, 0.2) is 43.0 Å². The molecule has 2 rings (SSSR count). The predicted molar refractivity (Wildman–Crippen MR) is 70.0 cm³/mol. The Morgan fingerprint density at radius 1 is 1.17 bits per heavy atom. The Balaban J connectivity index is 2.14. The fourth-order valence-electron chi connectivity index (χ4n) is 2.29. The first-order valence-electron chi connectivity index (χ1n) is 6.21. The molecule has 0 aliphatic carbocycles. The van der Waals surface area contributed by atoms with Crippen LogP contribution in [0.1, 0.15) is 30.7 Å². The van der Waals surface area contributed by atoms with Crippen molar-refractivity contribution in [1.29, 1.82) is 0 Å². The molecule has 1 aromatic rings. The fraction of sp³-hybridized carbons (Fsp3) is 0.333. The zero-order valence-electron chi connectivity index (χ0n) is 10.3. The van der Waals surface area contributed by atoms with Gasteiger partial charge >= 0.3 is 0 Å². The van der Waals surface area contributed by atoms with E-state index in [4.69, 9.17) is 0 Å². The van der Waals surface area contributed by atoms with E-state index in [1.807, 2.05) is 36.4 Å². The van der Waals surface area contributed by atoms with E-state index in [1.165, 1.54) is 4.90 Å². The molecule has 1 fully saturated rings. The normalized spacial score (nSPS) is 17.0. The molecule has 0 N–H and O–H groups in total. The van der Waals surface area contributed by atoms with Crippen LogP contribution in [0.3, 0.4) is 0 Å².